The van der Waals surface area contributed by atoms with Gasteiger partial charge < -0.3 is 5.32 Å². The van der Waals surface area contributed by atoms with Crippen molar-refractivity contribution >= 4 is 40.4 Å². The summed E-state index contributed by atoms with van der Waals surface area (Å²) >= 11 is 7.69. The first-order valence-electron chi connectivity index (χ1n) is 11.5. The number of anilines is 1. The average Bonchev–Trinajstić information content (AvgIpc) is 3.40. The van der Waals surface area contributed by atoms with E-state index in [4.69, 9.17) is 16.7 Å². The van der Waals surface area contributed by atoms with Gasteiger partial charge >= 0.3 is 0 Å². The SMILES string of the molecule is CC1(C(=O)NC2CCCCCC2)Cn2nc(-c3cccs3)cc2C(=O)N1c1ccc(Cl)cc1. The first kappa shape index (κ1) is 22.2. The Hall–Kier alpha value is -2.64. The maximum Gasteiger partial charge on any atom is 0.277 e. The molecule has 2 aromatic heterocycles. The summed E-state index contributed by atoms with van der Waals surface area (Å²) in [5.41, 5.74) is 0.752. The highest BCUT2D eigenvalue weighted by atomic mass is 35.5. The highest BCUT2D eigenvalue weighted by molar-refractivity contribution is 7.13. The van der Waals surface area contributed by atoms with Crippen LogP contribution in [-0.2, 0) is 11.3 Å². The first-order valence-corrected chi connectivity index (χ1v) is 12.7. The fourth-order valence-electron chi connectivity index (χ4n) is 4.89. The Bertz CT molecular complexity index is 1150. The lowest BCUT2D eigenvalue weighted by Gasteiger charge is -2.43. The third-order valence-corrected chi connectivity index (χ3v) is 7.84. The molecule has 0 saturated heterocycles. The van der Waals surface area contributed by atoms with Crippen LogP contribution in [0, 0.1) is 0 Å². The summed E-state index contributed by atoms with van der Waals surface area (Å²) in [6.07, 6.45) is 6.62. The number of carbonyl (C=O) groups is 2. The molecule has 0 spiro atoms. The lowest BCUT2D eigenvalue weighted by molar-refractivity contribution is -0.127. The van der Waals surface area contributed by atoms with Crippen molar-refractivity contribution in [1.82, 2.24) is 15.1 Å². The normalized spacial score (nSPS) is 21.5. The Morgan fingerprint density at radius 1 is 1.15 bits per heavy atom. The summed E-state index contributed by atoms with van der Waals surface area (Å²) in [6.45, 7) is 2.11. The van der Waals surface area contributed by atoms with Crippen molar-refractivity contribution in [3.05, 3.63) is 58.6 Å². The minimum atomic E-state index is -1.12. The molecule has 1 N–H and O–H groups in total. The summed E-state index contributed by atoms with van der Waals surface area (Å²) < 4.78 is 1.69. The highest BCUT2D eigenvalue weighted by Gasteiger charge is 2.49. The number of nitrogens with one attached hydrogen (secondary N) is 1. The van der Waals surface area contributed by atoms with Crippen LogP contribution in [0.5, 0.6) is 0 Å². The largest absolute Gasteiger partial charge is 0.351 e. The zero-order valence-electron chi connectivity index (χ0n) is 18.6. The van der Waals surface area contributed by atoms with E-state index in [-0.39, 0.29) is 24.4 Å². The van der Waals surface area contributed by atoms with Crippen LogP contribution < -0.4 is 10.2 Å². The van der Waals surface area contributed by atoms with Gasteiger partial charge in [-0.25, -0.2) is 0 Å². The van der Waals surface area contributed by atoms with Crippen molar-refractivity contribution in [2.75, 3.05) is 4.90 Å². The molecule has 1 fully saturated rings. The number of fused-ring (bicyclic) bond motifs is 1. The summed E-state index contributed by atoms with van der Waals surface area (Å²) in [5, 5.41) is 10.5. The quantitative estimate of drug-likeness (QED) is 0.497. The van der Waals surface area contributed by atoms with Gasteiger partial charge in [-0.2, -0.15) is 5.10 Å². The highest BCUT2D eigenvalue weighted by Crippen LogP contribution is 2.35. The van der Waals surface area contributed by atoms with Crippen LogP contribution in [-0.4, -0.2) is 33.2 Å². The van der Waals surface area contributed by atoms with Gasteiger partial charge in [0.15, 0.2) is 0 Å². The van der Waals surface area contributed by atoms with E-state index in [9.17, 15) is 9.59 Å². The monoisotopic (exact) mass is 482 g/mol. The van der Waals surface area contributed by atoms with Crippen molar-refractivity contribution in [2.24, 2.45) is 0 Å². The fourth-order valence-corrected chi connectivity index (χ4v) is 5.69. The van der Waals surface area contributed by atoms with Crippen LogP contribution >= 0.6 is 22.9 Å². The van der Waals surface area contributed by atoms with Crippen molar-refractivity contribution in [3.8, 4) is 10.6 Å². The molecule has 0 bridgehead atoms. The zero-order chi connectivity index (χ0) is 23.0. The Balaban J connectivity index is 1.54. The van der Waals surface area contributed by atoms with E-state index >= 15 is 0 Å². The molecule has 3 aromatic rings. The van der Waals surface area contributed by atoms with Crippen LogP contribution in [0.15, 0.2) is 47.8 Å². The third kappa shape index (κ3) is 4.20. The van der Waals surface area contributed by atoms with Gasteiger partial charge in [0.05, 0.1) is 11.4 Å². The molecule has 1 atom stereocenters. The topological polar surface area (TPSA) is 67.2 Å². The molecule has 1 aliphatic carbocycles. The van der Waals surface area contributed by atoms with Gasteiger partial charge in [-0.15, -0.1) is 11.3 Å². The molecule has 1 saturated carbocycles. The maximum atomic E-state index is 13.8. The average molecular weight is 483 g/mol. The van der Waals surface area contributed by atoms with Crippen LogP contribution in [0.2, 0.25) is 5.02 Å². The number of hydrogen-bond acceptors (Lipinski definition) is 4. The zero-order valence-corrected chi connectivity index (χ0v) is 20.2. The smallest absolute Gasteiger partial charge is 0.277 e. The molecule has 0 radical (unpaired) electrons. The van der Waals surface area contributed by atoms with Crippen molar-refractivity contribution in [1.29, 1.82) is 0 Å². The number of nitrogens with zero attached hydrogens (tertiary/aromatic N) is 3. The third-order valence-electron chi connectivity index (χ3n) is 6.69. The second-order valence-electron chi connectivity index (χ2n) is 9.10. The van der Waals surface area contributed by atoms with Crippen LogP contribution in [0.1, 0.15) is 55.9 Å². The van der Waals surface area contributed by atoms with E-state index in [0.717, 1.165) is 36.3 Å². The number of carbonyl (C=O) groups excluding carboxylic acids is 2. The predicted octanol–water partition coefficient (Wildman–Crippen LogP) is 5.52. The van der Waals surface area contributed by atoms with E-state index in [1.165, 1.54) is 12.8 Å². The van der Waals surface area contributed by atoms with E-state index in [1.54, 1.807) is 45.2 Å². The Morgan fingerprint density at radius 3 is 2.55 bits per heavy atom. The van der Waals surface area contributed by atoms with E-state index in [0.29, 0.717) is 16.4 Å². The van der Waals surface area contributed by atoms with Gasteiger partial charge in [0.2, 0.25) is 5.91 Å². The van der Waals surface area contributed by atoms with Gasteiger partial charge in [0, 0.05) is 16.8 Å². The standard InChI is InChI=1S/C25H27ClN4O2S/c1-25(24(32)27-18-7-4-2-3-5-8-18)16-29-21(15-20(28-29)22-9-6-14-33-22)23(31)30(25)19-12-10-17(26)11-13-19/h6,9-15,18H,2-5,7-8,16H2,1H3,(H,27,32). The van der Waals surface area contributed by atoms with Gasteiger partial charge in [0.1, 0.15) is 16.9 Å². The van der Waals surface area contributed by atoms with Crippen LogP contribution in [0.3, 0.4) is 0 Å². The lowest BCUT2D eigenvalue weighted by Crippen LogP contribution is -2.65. The Kier molecular flexibility index (Phi) is 6.01. The molecule has 3 heterocycles. The molecule has 1 unspecified atom stereocenters. The number of benzene rings is 1. The molecule has 5 rings (SSSR count). The molecule has 1 aliphatic heterocycles. The maximum absolute atomic E-state index is 13.8. The summed E-state index contributed by atoms with van der Waals surface area (Å²) in [5.74, 6) is -0.381. The van der Waals surface area contributed by atoms with Gasteiger partial charge in [-0.3, -0.25) is 19.2 Å². The number of aromatic nitrogens is 2. The van der Waals surface area contributed by atoms with Gasteiger partial charge in [0.25, 0.3) is 5.91 Å². The number of amides is 2. The molecule has 172 valence electrons. The minimum Gasteiger partial charge on any atom is -0.351 e. The van der Waals surface area contributed by atoms with Crippen LogP contribution in [0.25, 0.3) is 10.6 Å². The molecule has 2 amide bonds. The van der Waals surface area contributed by atoms with Gasteiger partial charge in [-0.1, -0.05) is 43.4 Å². The van der Waals surface area contributed by atoms with E-state index in [1.807, 2.05) is 30.5 Å². The molecule has 1 aromatic carbocycles. The van der Waals surface area contributed by atoms with E-state index < -0.39 is 5.54 Å². The number of hydrogen-bond donors (Lipinski definition) is 1. The second-order valence-corrected chi connectivity index (χ2v) is 10.5. The lowest BCUT2D eigenvalue weighted by atomic mass is 9.93. The molecule has 2 aliphatic rings. The minimum absolute atomic E-state index is 0.139. The summed E-state index contributed by atoms with van der Waals surface area (Å²) in [4.78, 5) is 30.2. The first-order chi connectivity index (χ1) is 16.0. The second kappa shape index (κ2) is 8.95. The van der Waals surface area contributed by atoms with Crippen molar-refractivity contribution < 1.29 is 9.59 Å². The van der Waals surface area contributed by atoms with Crippen molar-refractivity contribution in [3.63, 3.8) is 0 Å². The number of halogens is 1. The predicted molar refractivity (Wildman–Crippen MR) is 132 cm³/mol. The summed E-state index contributed by atoms with van der Waals surface area (Å²) in [7, 11) is 0. The summed E-state index contributed by atoms with van der Waals surface area (Å²) in [6, 6.07) is 13.0. The van der Waals surface area contributed by atoms with Crippen LogP contribution in [0.4, 0.5) is 5.69 Å². The molecule has 8 heteroatoms. The molecule has 6 nitrogen and oxygen atoms in total. The molecule has 33 heavy (non-hydrogen) atoms. The Morgan fingerprint density at radius 2 is 1.88 bits per heavy atom. The van der Waals surface area contributed by atoms with Crippen molar-refractivity contribution in [2.45, 2.75) is 63.6 Å². The Labute approximate surface area is 202 Å². The van der Waals surface area contributed by atoms with E-state index in [2.05, 4.69) is 5.32 Å². The molecular formula is C25H27ClN4O2S. The van der Waals surface area contributed by atoms with Gasteiger partial charge in [-0.05, 0) is 61.5 Å². The number of thiophene rings is 1. The number of rotatable bonds is 4. The fraction of sp³-hybridized carbons (Fsp3) is 0.400. The molecular weight excluding hydrogens is 456 g/mol.